The lowest BCUT2D eigenvalue weighted by molar-refractivity contribution is -0.171. The molecule has 1 saturated heterocycles. The van der Waals surface area contributed by atoms with E-state index in [1.807, 2.05) is 6.92 Å². The summed E-state index contributed by atoms with van der Waals surface area (Å²) in [7, 11) is 0. The third-order valence-electron chi connectivity index (χ3n) is 7.84. The molecule has 3 aliphatic carbocycles. The Morgan fingerprint density at radius 1 is 1.12 bits per heavy atom. The molecular weight excluding hydrogens is 304 g/mol. The molecule has 6 atom stereocenters. The molecule has 5 heteroatoms. The Bertz CT molecular complexity index is 630. The number of hydrogen-bond acceptors (Lipinski definition) is 4. The van der Waals surface area contributed by atoms with Crippen molar-refractivity contribution in [2.24, 2.45) is 34.4 Å². The summed E-state index contributed by atoms with van der Waals surface area (Å²) in [6.07, 6.45) is 7.88. The molecular formula is C19H28N2O3. The highest BCUT2D eigenvalue weighted by Crippen LogP contribution is 2.62. The topological polar surface area (TPSA) is 83.6 Å². The van der Waals surface area contributed by atoms with Gasteiger partial charge in [-0.2, -0.15) is 0 Å². The Morgan fingerprint density at radius 3 is 2.58 bits per heavy atom. The number of nitrogens with two attached hydrogens (primary N) is 1. The molecule has 1 heterocycles. The van der Waals surface area contributed by atoms with Gasteiger partial charge in [0.1, 0.15) is 0 Å². The number of carbonyl (C=O) groups excluding carboxylic acids is 2. The van der Waals surface area contributed by atoms with Crippen LogP contribution in [0.5, 0.6) is 0 Å². The smallest absolute Gasteiger partial charge is 0.249 e. The Balaban J connectivity index is 1.71. The minimum atomic E-state index is -0.500. The van der Waals surface area contributed by atoms with Crippen LogP contribution in [0.1, 0.15) is 58.8 Å². The van der Waals surface area contributed by atoms with Crippen LogP contribution in [-0.4, -0.2) is 28.0 Å². The molecule has 0 spiro atoms. The molecule has 132 valence electrons. The Morgan fingerprint density at radius 2 is 1.83 bits per heavy atom. The molecule has 4 rings (SSSR count). The zero-order valence-electron chi connectivity index (χ0n) is 14.6. The Kier molecular flexibility index (Phi) is 3.49. The zero-order valence-corrected chi connectivity index (χ0v) is 14.6. The second kappa shape index (κ2) is 5.15. The lowest BCUT2D eigenvalue weighted by Gasteiger charge is -2.59. The van der Waals surface area contributed by atoms with E-state index in [1.54, 1.807) is 0 Å². The fraction of sp³-hybridized carbons (Fsp3) is 0.789. The third kappa shape index (κ3) is 2.00. The quantitative estimate of drug-likeness (QED) is 0.308. The number of allylic oxidation sites excluding steroid dienone is 1. The summed E-state index contributed by atoms with van der Waals surface area (Å²) >= 11 is 0. The third-order valence-corrected chi connectivity index (χ3v) is 7.84. The number of piperidine rings is 1. The van der Waals surface area contributed by atoms with E-state index in [4.69, 9.17) is 5.84 Å². The number of aliphatic hydroxyl groups excluding tert-OH is 1. The van der Waals surface area contributed by atoms with Crippen LogP contribution in [0, 0.1) is 28.6 Å². The Labute approximate surface area is 143 Å². The van der Waals surface area contributed by atoms with Crippen LogP contribution < -0.4 is 5.84 Å². The van der Waals surface area contributed by atoms with Gasteiger partial charge >= 0.3 is 0 Å². The van der Waals surface area contributed by atoms with Crippen molar-refractivity contribution in [1.29, 1.82) is 0 Å². The standard InChI is InChI=1S/C19H28N2O3/c1-18-7-5-12(22)9-11(18)3-4-13-14(18)6-8-19(2)15(13)10-16(23)21(20)17(19)24/h3,12-15,22H,4-10,20H2,1-2H3/t12-,13+,14-,15-,18-,19-/m0/s1. The second-order valence-electron chi connectivity index (χ2n) is 8.89. The lowest BCUT2D eigenvalue weighted by atomic mass is 9.46. The van der Waals surface area contributed by atoms with E-state index in [2.05, 4.69) is 13.0 Å². The van der Waals surface area contributed by atoms with Gasteiger partial charge in [-0.15, -0.1) is 0 Å². The van der Waals surface area contributed by atoms with Crippen molar-refractivity contribution in [3.8, 4) is 0 Å². The van der Waals surface area contributed by atoms with Gasteiger partial charge in [0.2, 0.25) is 11.8 Å². The number of fused-ring (bicyclic) bond motifs is 5. The fourth-order valence-electron chi connectivity index (χ4n) is 6.28. The van der Waals surface area contributed by atoms with Crippen molar-refractivity contribution >= 4 is 11.8 Å². The number of imide groups is 1. The highest BCUT2D eigenvalue weighted by molar-refractivity contribution is 6.00. The first kappa shape index (κ1) is 16.3. The molecule has 4 aliphatic rings. The number of aliphatic hydroxyl groups is 1. The van der Waals surface area contributed by atoms with Crippen molar-refractivity contribution in [3.63, 3.8) is 0 Å². The van der Waals surface area contributed by atoms with Gasteiger partial charge in [0.25, 0.3) is 0 Å². The van der Waals surface area contributed by atoms with E-state index in [0.717, 1.165) is 43.5 Å². The van der Waals surface area contributed by atoms with Crippen molar-refractivity contribution in [2.75, 3.05) is 0 Å². The number of carbonyl (C=O) groups is 2. The fourth-order valence-corrected chi connectivity index (χ4v) is 6.28. The van der Waals surface area contributed by atoms with Crippen LogP contribution in [0.25, 0.3) is 0 Å². The molecule has 0 unspecified atom stereocenters. The van der Waals surface area contributed by atoms with Crippen LogP contribution in [0.3, 0.4) is 0 Å². The largest absolute Gasteiger partial charge is 0.393 e. The molecule has 0 aromatic rings. The predicted octanol–water partition coefficient (Wildman–Crippen LogP) is 2.15. The molecule has 2 saturated carbocycles. The van der Waals surface area contributed by atoms with Crippen LogP contribution >= 0.6 is 0 Å². The summed E-state index contributed by atoms with van der Waals surface area (Å²) in [5, 5.41) is 10.9. The SMILES string of the molecule is C[C@]12CC[C@H](O)CC1=CC[C@@H]1[C@@H]2CC[C@]2(C)C(=O)N(N)C(=O)C[C@@H]12. The summed E-state index contributed by atoms with van der Waals surface area (Å²) in [4.78, 5) is 24.9. The lowest BCUT2D eigenvalue weighted by Crippen LogP contribution is -2.62. The van der Waals surface area contributed by atoms with Gasteiger partial charge in [-0.1, -0.05) is 25.5 Å². The summed E-state index contributed by atoms with van der Waals surface area (Å²) in [5.41, 5.74) is 1.02. The van der Waals surface area contributed by atoms with Gasteiger partial charge in [0.15, 0.2) is 0 Å². The maximum atomic E-state index is 12.7. The molecule has 3 N–H and O–H groups in total. The van der Waals surface area contributed by atoms with Crippen molar-refractivity contribution in [1.82, 2.24) is 5.01 Å². The molecule has 5 nitrogen and oxygen atoms in total. The van der Waals surface area contributed by atoms with E-state index in [1.165, 1.54) is 5.57 Å². The van der Waals surface area contributed by atoms with Crippen molar-refractivity contribution in [3.05, 3.63) is 11.6 Å². The van der Waals surface area contributed by atoms with Crippen LogP contribution in [0.4, 0.5) is 0 Å². The molecule has 24 heavy (non-hydrogen) atoms. The average Bonchev–Trinajstić information content (AvgIpc) is 2.55. The first-order valence-electron chi connectivity index (χ1n) is 9.27. The first-order chi connectivity index (χ1) is 11.3. The highest BCUT2D eigenvalue weighted by atomic mass is 16.3. The van der Waals surface area contributed by atoms with Crippen LogP contribution in [-0.2, 0) is 9.59 Å². The van der Waals surface area contributed by atoms with E-state index < -0.39 is 5.41 Å². The number of rotatable bonds is 0. The molecule has 0 radical (unpaired) electrons. The molecule has 1 aliphatic heterocycles. The Hall–Kier alpha value is -1.20. The van der Waals surface area contributed by atoms with E-state index in [-0.39, 0.29) is 29.3 Å². The summed E-state index contributed by atoms with van der Waals surface area (Å²) in [5.74, 6) is 6.27. The second-order valence-corrected chi connectivity index (χ2v) is 8.89. The van der Waals surface area contributed by atoms with Gasteiger partial charge in [-0.3, -0.25) is 9.59 Å². The average molecular weight is 332 g/mol. The van der Waals surface area contributed by atoms with Crippen LogP contribution in [0.2, 0.25) is 0 Å². The van der Waals surface area contributed by atoms with E-state index >= 15 is 0 Å². The van der Waals surface area contributed by atoms with Crippen molar-refractivity contribution in [2.45, 2.75) is 64.9 Å². The number of hydrazine groups is 1. The summed E-state index contributed by atoms with van der Waals surface area (Å²) in [6.45, 7) is 4.35. The maximum Gasteiger partial charge on any atom is 0.249 e. The predicted molar refractivity (Wildman–Crippen MR) is 89.1 cm³/mol. The minimum Gasteiger partial charge on any atom is -0.393 e. The molecule has 2 amide bonds. The maximum absolute atomic E-state index is 12.7. The number of hydrogen-bond donors (Lipinski definition) is 2. The van der Waals surface area contributed by atoms with Gasteiger partial charge in [0, 0.05) is 6.42 Å². The number of amides is 2. The van der Waals surface area contributed by atoms with Gasteiger partial charge in [-0.05, 0) is 61.7 Å². The minimum absolute atomic E-state index is 0.0949. The van der Waals surface area contributed by atoms with Gasteiger partial charge < -0.3 is 5.11 Å². The molecule has 3 fully saturated rings. The normalized spacial score (nSPS) is 48.3. The highest BCUT2D eigenvalue weighted by Gasteiger charge is 2.60. The van der Waals surface area contributed by atoms with E-state index in [0.29, 0.717) is 18.3 Å². The molecule has 0 aromatic heterocycles. The first-order valence-corrected chi connectivity index (χ1v) is 9.27. The monoisotopic (exact) mass is 332 g/mol. The van der Waals surface area contributed by atoms with Crippen molar-refractivity contribution < 1.29 is 14.7 Å². The van der Waals surface area contributed by atoms with Gasteiger partial charge in [0.05, 0.1) is 11.5 Å². The van der Waals surface area contributed by atoms with E-state index in [9.17, 15) is 14.7 Å². The van der Waals surface area contributed by atoms with Crippen LogP contribution in [0.15, 0.2) is 11.6 Å². The summed E-state index contributed by atoms with van der Waals surface area (Å²) < 4.78 is 0. The zero-order chi connectivity index (χ0) is 17.3. The summed E-state index contributed by atoms with van der Waals surface area (Å²) in [6, 6.07) is 0. The number of nitrogens with zero attached hydrogens (tertiary/aromatic N) is 1. The molecule has 0 bridgehead atoms. The molecule has 0 aromatic carbocycles. The van der Waals surface area contributed by atoms with Gasteiger partial charge in [-0.25, -0.2) is 10.9 Å².